The topological polar surface area (TPSA) is 237 Å². The average molecular weight is 1380 g/mol. The summed E-state index contributed by atoms with van der Waals surface area (Å²) >= 11 is 0. The zero-order chi connectivity index (χ0) is 69.6. The molecule has 0 bridgehead atoms. The van der Waals surface area contributed by atoms with Gasteiger partial charge in [0.1, 0.15) is 19.3 Å². The lowest BCUT2D eigenvalue weighted by atomic mass is 9.99. The Bertz CT molecular complexity index is 1850. The van der Waals surface area contributed by atoms with Crippen molar-refractivity contribution < 1.29 is 80.2 Å². The van der Waals surface area contributed by atoms with E-state index in [0.29, 0.717) is 25.7 Å². The number of aliphatic hydroxyl groups is 1. The highest BCUT2D eigenvalue weighted by Gasteiger charge is 2.30. The maximum atomic E-state index is 13.1. The van der Waals surface area contributed by atoms with Crippen molar-refractivity contribution in [1.29, 1.82) is 0 Å². The first-order valence-electron chi connectivity index (χ1n) is 38.8. The van der Waals surface area contributed by atoms with Crippen molar-refractivity contribution in [3.05, 3.63) is 0 Å². The predicted molar refractivity (Wildman–Crippen MR) is 381 cm³/mol. The van der Waals surface area contributed by atoms with Crippen LogP contribution in [0, 0.1) is 23.7 Å². The standard InChI is InChI=1S/C75H146O17P2/c1-9-67(7)53-45-37-29-25-26-32-42-50-58-75(80)92-71(62-86-73(78)56-48-40-34-33-38-46-54-68(8)10-2)64-90-94(83,84)88-60-69(76)59-87-93(81,82)89-63-70(61-85-72(77)55-47-39-30-23-20-19-22-28-36-44-52-66(5)6)91-74(79)57-49-41-31-24-18-16-14-12-11-13-15-17-21-27-35-43-51-65(3)4/h65-71,76H,9-64H2,1-8H3,(H,81,82)(H,83,84)/t67?,68?,69-,70-,71-/m1/s1. The van der Waals surface area contributed by atoms with Crippen molar-refractivity contribution in [1.82, 2.24) is 0 Å². The fourth-order valence-electron chi connectivity index (χ4n) is 11.3. The molecule has 0 spiro atoms. The molecule has 0 amide bonds. The zero-order valence-electron chi connectivity index (χ0n) is 61.6. The predicted octanol–water partition coefficient (Wildman–Crippen LogP) is 21.7. The molecule has 0 radical (unpaired) electrons. The average Bonchev–Trinajstić information content (AvgIpc) is 1.95. The second kappa shape index (κ2) is 64.4. The number of unbranched alkanes of at least 4 members (excludes halogenated alkanes) is 36. The van der Waals surface area contributed by atoms with Crippen LogP contribution in [0.4, 0.5) is 0 Å². The van der Waals surface area contributed by atoms with Crippen molar-refractivity contribution >= 4 is 39.5 Å². The molecule has 0 heterocycles. The Morgan fingerprint density at radius 3 is 0.755 bits per heavy atom. The number of esters is 4. The van der Waals surface area contributed by atoms with E-state index in [-0.39, 0.29) is 25.7 Å². The summed E-state index contributed by atoms with van der Waals surface area (Å²) in [6, 6.07) is 0. The third-order valence-electron chi connectivity index (χ3n) is 18.0. The Balaban J connectivity index is 5.24. The van der Waals surface area contributed by atoms with Crippen molar-refractivity contribution in [2.75, 3.05) is 39.6 Å². The molecule has 0 fully saturated rings. The molecule has 0 rings (SSSR count). The summed E-state index contributed by atoms with van der Waals surface area (Å²) in [5, 5.41) is 10.6. The third-order valence-corrected chi connectivity index (χ3v) is 19.9. The van der Waals surface area contributed by atoms with Crippen LogP contribution in [0.25, 0.3) is 0 Å². The van der Waals surface area contributed by atoms with E-state index in [1.165, 1.54) is 173 Å². The van der Waals surface area contributed by atoms with Gasteiger partial charge >= 0.3 is 39.5 Å². The molecule has 0 aliphatic rings. The smallest absolute Gasteiger partial charge is 0.462 e. The number of hydrogen-bond donors (Lipinski definition) is 3. The van der Waals surface area contributed by atoms with Crippen LogP contribution < -0.4 is 0 Å². The molecule has 0 saturated carbocycles. The molecular weight excluding hydrogens is 1230 g/mol. The molecule has 0 aliphatic heterocycles. The van der Waals surface area contributed by atoms with Gasteiger partial charge in [0.2, 0.25) is 0 Å². The van der Waals surface area contributed by atoms with Crippen molar-refractivity contribution in [2.45, 2.75) is 395 Å². The summed E-state index contributed by atoms with van der Waals surface area (Å²) in [4.78, 5) is 72.8. The highest BCUT2D eigenvalue weighted by atomic mass is 31.2. The molecule has 0 aromatic heterocycles. The normalized spacial score (nSPS) is 14.7. The number of ether oxygens (including phenoxy) is 4. The second-order valence-corrected chi connectivity index (χ2v) is 31.4. The van der Waals surface area contributed by atoms with E-state index in [1.807, 2.05) is 0 Å². The number of aliphatic hydroxyl groups excluding tert-OH is 1. The number of hydrogen-bond acceptors (Lipinski definition) is 15. The minimum absolute atomic E-state index is 0.104. The molecule has 4 unspecified atom stereocenters. The highest BCUT2D eigenvalue weighted by Crippen LogP contribution is 2.45. The summed E-state index contributed by atoms with van der Waals surface area (Å²) in [7, 11) is -9.91. The molecule has 17 nitrogen and oxygen atoms in total. The largest absolute Gasteiger partial charge is 0.472 e. The first-order chi connectivity index (χ1) is 45.2. The molecule has 94 heavy (non-hydrogen) atoms. The van der Waals surface area contributed by atoms with Gasteiger partial charge in [-0.1, -0.05) is 325 Å². The van der Waals surface area contributed by atoms with E-state index >= 15 is 0 Å². The van der Waals surface area contributed by atoms with E-state index in [9.17, 15) is 43.2 Å². The fourth-order valence-corrected chi connectivity index (χ4v) is 12.9. The number of phosphoric acid groups is 2. The second-order valence-electron chi connectivity index (χ2n) is 28.5. The number of carbonyl (C=O) groups excluding carboxylic acids is 4. The van der Waals surface area contributed by atoms with Gasteiger partial charge in [0, 0.05) is 25.7 Å². The first kappa shape index (κ1) is 92.1. The summed E-state index contributed by atoms with van der Waals surface area (Å²) in [6.45, 7) is 14.2. The molecule has 7 atom stereocenters. The lowest BCUT2D eigenvalue weighted by Gasteiger charge is -2.21. The molecule has 558 valence electrons. The number of carbonyl (C=O) groups is 4. The minimum Gasteiger partial charge on any atom is -0.462 e. The highest BCUT2D eigenvalue weighted by molar-refractivity contribution is 7.47. The van der Waals surface area contributed by atoms with Gasteiger partial charge in [-0.3, -0.25) is 37.3 Å². The SMILES string of the molecule is CCC(C)CCCCCCCCCCC(=O)O[C@H](COC(=O)CCCCCCCCC(C)CC)COP(=O)(O)OC[C@H](O)COP(=O)(O)OC[C@@H](COC(=O)CCCCCCCCCCCCC(C)C)OC(=O)CCCCCCCCCCCCCCCCCCC(C)C. The molecule has 0 aromatic carbocycles. The molecule has 0 aliphatic carbocycles. The van der Waals surface area contributed by atoms with E-state index in [0.717, 1.165) is 120 Å². The molecule has 0 saturated heterocycles. The van der Waals surface area contributed by atoms with Crippen LogP contribution >= 0.6 is 15.6 Å². The quantitative estimate of drug-likeness (QED) is 0.0222. The molecule has 0 aromatic rings. The van der Waals surface area contributed by atoms with Gasteiger partial charge in [-0.2, -0.15) is 0 Å². The Morgan fingerprint density at radius 1 is 0.298 bits per heavy atom. The van der Waals surface area contributed by atoms with Crippen LogP contribution in [0.1, 0.15) is 376 Å². The van der Waals surface area contributed by atoms with Gasteiger partial charge in [0.05, 0.1) is 26.4 Å². The summed E-state index contributed by atoms with van der Waals surface area (Å²) in [6.07, 6.45) is 48.6. The summed E-state index contributed by atoms with van der Waals surface area (Å²) in [5.74, 6) is 0.944. The fraction of sp³-hybridized carbons (Fsp3) is 0.947. The maximum absolute atomic E-state index is 13.1. The Kier molecular flexibility index (Phi) is 63.1. The summed E-state index contributed by atoms with van der Waals surface area (Å²) in [5.41, 5.74) is 0. The van der Waals surface area contributed by atoms with Gasteiger partial charge in [-0.25, -0.2) is 9.13 Å². The van der Waals surface area contributed by atoms with Crippen LogP contribution in [0.3, 0.4) is 0 Å². The monoisotopic (exact) mass is 1380 g/mol. The Hall–Kier alpha value is -1.94. The van der Waals surface area contributed by atoms with Crippen molar-refractivity contribution in [3.8, 4) is 0 Å². The molecule has 3 N–H and O–H groups in total. The van der Waals surface area contributed by atoms with Gasteiger partial charge in [0.15, 0.2) is 12.2 Å². The maximum Gasteiger partial charge on any atom is 0.472 e. The Labute approximate surface area is 575 Å². The van der Waals surface area contributed by atoms with Gasteiger partial charge in [0.25, 0.3) is 0 Å². The van der Waals surface area contributed by atoms with Crippen LogP contribution in [0.5, 0.6) is 0 Å². The van der Waals surface area contributed by atoms with Gasteiger partial charge in [-0.05, 0) is 49.4 Å². The van der Waals surface area contributed by atoms with E-state index in [2.05, 4.69) is 55.4 Å². The van der Waals surface area contributed by atoms with Crippen LogP contribution in [0.2, 0.25) is 0 Å². The lowest BCUT2D eigenvalue weighted by molar-refractivity contribution is -0.161. The zero-order valence-corrected chi connectivity index (χ0v) is 63.4. The van der Waals surface area contributed by atoms with Crippen LogP contribution in [0.15, 0.2) is 0 Å². The third kappa shape index (κ3) is 66.0. The molecular formula is C75H146O17P2. The Morgan fingerprint density at radius 2 is 0.511 bits per heavy atom. The number of phosphoric ester groups is 2. The first-order valence-corrected chi connectivity index (χ1v) is 41.8. The van der Waals surface area contributed by atoms with E-state index < -0.39 is 97.5 Å². The van der Waals surface area contributed by atoms with Gasteiger partial charge in [-0.15, -0.1) is 0 Å². The van der Waals surface area contributed by atoms with Crippen molar-refractivity contribution in [3.63, 3.8) is 0 Å². The van der Waals surface area contributed by atoms with Crippen LogP contribution in [-0.4, -0.2) is 96.7 Å². The number of rotatable bonds is 72. The summed E-state index contributed by atoms with van der Waals surface area (Å²) < 4.78 is 68.5. The molecule has 19 heteroatoms. The van der Waals surface area contributed by atoms with Crippen LogP contribution in [-0.2, 0) is 65.4 Å². The van der Waals surface area contributed by atoms with E-state index in [4.69, 9.17) is 37.0 Å². The lowest BCUT2D eigenvalue weighted by Crippen LogP contribution is -2.30. The van der Waals surface area contributed by atoms with Gasteiger partial charge < -0.3 is 33.8 Å². The van der Waals surface area contributed by atoms with E-state index in [1.54, 1.807) is 0 Å². The minimum atomic E-state index is -4.96. The van der Waals surface area contributed by atoms with Crippen molar-refractivity contribution in [2.24, 2.45) is 23.7 Å².